The minimum atomic E-state index is -1.15. The summed E-state index contributed by atoms with van der Waals surface area (Å²) >= 11 is 5.86. The lowest BCUT2D eigenvalue weighted by molar-refractivity contribution is -0.413. The van der Waals surface area contributed by atoms with E-state index in [1.807, 2.05) is 54.8 Å². The molecule has 0 aliphatic rings. The Kier molecular flexibility index (Phi) is 11.8. The molecule has 2 aromatic carbocycles. The van der Waals surface area contributed by atoms with Crippen LogP contribution in [0.5, 0.6) is 0 Å². The van der Waals surface area contributed by atoms with Gasteiger partial charge in [0.15, 0.2) is 5.78 Å². The highest BCUT2D eigenvalue weighted by Crippen LogP contribution is 2.28. The van der Waals surface area contributed by atoms with Gasteiger partial charge in [0.1, 0.15) is 0 Å². The minimum Gasteiger partial charge on any atom is -0.550 e. The molecule has 0 aliphatic heterocycles. The molecule has 0 fully saturated rings. The molecule has 0 aromatic heterocycles. The summed E-state index contributed by atoms with van der Waals surface area (Å²) in [6, 6.07) is 15.9. The van der Waals surface area contributed by atoms with Crippen molar-refractivity contribution in [3.8, 4) is 11.1 Å². The summed E-state index contributed by atoms with van der Waals surface area (Å²) in [5.74, 6) is -0.647. The van der Waals surface area contributed by atoms with Crippen molar-refractivity contribution in [2.45, 2.75) is 39.2 Å². The standard InChI is InChI=1S/C23H29NO3S2.CH4/c1-29-12-11-18(23(26)27)14-22(25)20-10-8-16(7-9-19(24)15-28)13-21(20)17-5-3-2-4-6-17;/h2-6,8,10,13,18-19,28H,7,9,11-12,14-15,24H2,1H3,(H,26,27);1H4/t18-,19-;/m1./s1. The number of hydrogen-bond donors (Lipinski definition) is 2. The molecule has 4 nitrogen and oxygen atoms in total. The van der Waals surface area contributed by atoms with Gasteiger partial charge < -0.3 is 15.6 Å². The Labute approximate surface area is 190 Å². The van der Waals surface area contributed by atoms with Gasteiger partial charge in [-0.05, 0) is 41.5 Å². The monoisotopic (exact) mass is 447 g/mol. The van der Waals surface area contributed by atoms with Crippen LogP contribution in [0.4, 0.5) is 0 Å². The number of Topliss-reactive ketones (excluding diaryl/α,β-unsaturated/α-hetero) is 1. The van der Waals surface area contributed by atoms with Gasteiger partial charge in [-0.25, -0.2) is 0 Å². The van der Waals surface area contributed by atoms with E-state index in [0.29, 0.717) is 17.7 Å². The summed E-state index contributed by atoms with van der Waals surface area (Å²) in [5.41, 5.74) is 7.58. The second-order valence-corrected chi connectivity index (χ2v) is 8.61. The van der Waals surface area contributed by atoms with Gasteiger partial charge in [-0.15, -0.1) is 0 Å². The molecule has 30 heavy (non-hydrogen) atoms. The fourth-order valence-corrected chi connectivity index (χ4v) is 3.91. The molecule has 2 rings (SSSR count). The number of carbonyl (C=O) groups excluding carboxylic acids is 2. The van der Waals surface area contributed by atoms with Crippen molar-refractivity contribution in [3.63, 3.8) is 0 Å². The van der Waals surface area contributed by atoms with Crippen molar-refractivity contribution in [2.24, 2.45) is 5.92 Å². The van der Waals surface area contributed by atoms with Gasteiger partial charge in [0, 0.05) is 36.0 Å². The van der Waals surface area contributed by atoms with Gasteiger partial charge in [0.2, 0.25) is 0 Å². The van der Waals surface area contributed by atoms with Crippen molar-refractivity contribution in [3.05, 3.63) is 59.7 Å². The number of carboxylic acid groups (broad SMARTS) is 1. The van der Waals surface area contributed by atoms with E-state index in [4.69, 9.17) is 0 Å². The van der Waals surface area contributed by atoms with Crippen LogP contribution in [0.15, 0.2) is 48.5 Å². The molecular formula is C24H33NO3S2. The normalized spacial score (nSPS) is 12.6. The fraction of sp³-hybridized carbons (Fsp3) is 0.417. The van der Waals surface area contributed by atoms with Crippen LogP contribution >= 0.6 is 24.4 Å². The van der Waals surface area contributed by atoms with Crippen LogP contribution in [0, 0.1) is 5.92 Å². The minimum absolute atomic E-state index is 0. The second-order valence-electron chi connectivity index (χ2n) is 7.26. The van der Waals surface area contributed by atoms with Crippen LogP contribution in [0.1, 0.15) is 42.6 Å². The van der Waals surface area contributed by atoms with E-state index >= 15 is 0 Å². The number of benzene rings is 2. The summed E-state index contributed by atoms with van der Waals surface area (Å²) in [6.45, 7) is 0. The first-order valence-electron chi connectivity index (χ1n) is 9.81. The zero-order valence-corrected chi connectivity index (χ0v) is 18.5. The molecule has 0 amide bonds. The highest BCUT2D eigenvalue weighted by Gasteiger charge is 2.20. The van der Waals surface area contributed by atoms with E-state index in [1.54, 1.807) is 11.8 Å². The van der Waals surface area contributed by atoms with Crippen molar-refractivity contribution in [1.82, 2.24) is 0 Å². The van der Waals surface area contributed by atoms with Gasteiger partial charge in [-0.1, -0.05) is 56.0 Å². The third-order valence-corrected chi connectivity index (χ3v) is 6.16. The first-order chi connectivity index (χ1) is 14.0. The molecule has 2 aromatic rings. The molecule has 2 atom stereocenters. The topological polar surface area (TPSA) is 84.8 Å². The van der Waals surface area contributed by atoms with E-state index in [-0.39, 0.29) is 25.7 Å². The zero-order chi connectivity index (χ0) is 21.2. The van der Waals surface area contributed by atoms with Gasteiger partial charge >= 0.3 is 0 Å². The number of thioether (sulfide) groups is 1. The highest BCUT2D eigenvalue weighted by atomic mass is 32.2. The maximum absolute atomic E-state index is 13.0. The quantitative estimate of drug-likeness (QED) is 0.387. The summed E-state index contributed by atoms with van der Waals surface area (Å²) in [6.07, 6.45) is 4.10. The molecular weight excluding hydrogens is 414 g/mol. The number of thiol groups is 1. The molecule has 0 radical (unpaired) electrons. The van der Waals surface area contributed by atoms with Gasteiger partial charge in [-0.3, -0.25) is 4.79 Å². The van der Waals surface area contributed by atoms with Gasteiger partial charge in [-0.2, -0.15) is 24.4 Å². The third-order valence-electron chi connectivity index (χ3n) is 5.00. The van der Waals surface area contributed by atoms with Crippen LogP contribution in [-0.2, 0) is 11.2 Å². The summed E-state index contributed by atoms with van der Waals surface area (Å²) in [5, 5.41) is 11.5. The summed E-state index contributed by atoms with van der Waals surface area (Å²) < 4.78 is 0. The molecule has 0 bridgehead atoms. The molecule has 0 aliphatic carbocycles. The molecule has 3 N–H and O–H groups in total. The Morgan fingerprint density at radius 3 is 2.43 bits per heavy atom. The van der Waals surface area contributed by atoms with Crippen molar-refractivity contribution >= 4 is 36.1 Å². The Bertz CT molecular complexity index is 811. The van der Waals surface area contributed by atoms with Gasteiger partial charge in [0.05, 0.1) is 6.04 Å². The molecule has 164 valence electrons. The van der Waals surface area contributed by atoms with Crippen molar-refractivity contribution in [1.29, 1.82) is 0 Å². The first kappa shape index (κ1) is 26.3. The summed E-state index contributed by atoms with van der Waals surface area (Å²) in [4.78, 5) is 24.5. The number of carboxylic acids is 1. The lowest BCUT2D eigenvalue weighted by Gasteiger charge is -2.18. The van der Waals surface area contributed by atoms with E-state index in [1.165, 1.54) is 0 Å². The molecule has 6 heteroatoms. The van der Waals surface area contributed by atoms with Crippen molar-refractivity contribution < 1.29 is 20.4 Å². The number of aryl methyl sites for hydroxylation is 1. The molecule has 0 heterocycles. The van der Waals surface area contributed by atoms with Crippen LogP contribution in [0.2, 0.25) is 0 Å². The van der Waals surface area contributed by atoms with Gasteiger partial charge in [0.25, 0.3) is 0 Å². The fourth-order valence-electron chi connectivity index (χ4n) is 3.21. The summed E-state index contributed by atoms with van der Waals surface area (Å²) in [7, 11) is 0. The molecule has 0 spiro atoms. The Morgan fingerprint density at radius 2 is 1.83 bits per heavy atom. The molecule has 0 saturated carbocycles. The second kappa shape index (κ2) is 13.5. The SMILES string of the molecule is C.CSCC[C@H](CC(=O)c1ccc(CC[C@@H]([NH3+])CS)cc1-c1ccccc1)C(=O)[O-]. The van der Waals surface area contributed by atoms with Crippen LogP contribution in [0.25, 0.3) is 11.1 Å². The predicted molar refractivity (Wildman–Crippen MR) is 128 cm³/mol. The largest absolute Gasteiger partial charge is 0.550 e. The van der Waals surface area contributed by atoms with E-state index in [9.17, 15) is 14.7 Å². The maximum atomic E-state index is 13.0. The zero-order valence-electron chi connectivity index (χ0n) is 16.8. The average Bonchev–Trinajstić information content (AvgIpc) is 2.74. The number of hydrogen-bond acceptors (Lipinski definition) is 5. The molecule has 0 saturated heterocycles. The molecule has 0 unspecified atom stereocenters. The number of ketones is 1. The number of rotatable bonds is 12. The van der Waals surface area contributed by atoms with E-state index in [0.717, 1.165) is 35.3 Å². The third kappa shape index (κ3) is 7.82. The average molecular weight is 448 g/mol. The highest BCUT2D eigenvalue weighted by molar-refractivity contribution is 7.98. The number of carbonyl (C=O) groups is 2. The first-order valence-corrected chi connectivity index (χ1v) is 11.8. The van der Waals surface area contributed by atoms with Crippen molar-refractivity contribution in [2.75, 3.05) is 17.8 Å². The Balaban J connectivity index is 0.00000450. The van der Waals surface area contributed by atoms with Crippen LogP contribution < -0.4 is 10.8 Å². The van der Waals surface area contributed by atoms with Crippen LogP contribution in [-0.4, -0.2) is 35.6 Å². The number of quaternary nitrogens is 1. The van der Waals surface area contributed by atoms with E-state index < -0.39 is 11.9 Å². The Hall–Kier alpha value is -1.76. The smallest absolute Gasteiger partial charge is 0.164 e. The van der Waals surface area contributed by atoms with E-state index in [2.05, 4.69) is 18.4 Å². The predicted octanol–water partition coefficient (Wildman–Crippen LogP) is 3.15. The maximum Gasteiger partial charge on any atom is 0.164 e. The Morgan fingerprint density at radius 1 is 1.13 bits per heavy atom. The lowest BCUT2D eigenvalue weighted by Crippen LogP contribution is -2.62. The number of aliphatic carboxylic acids is 1. The van der Waals surface area contributed by atoms with Crippen LogP contribution in [0.3, 0.4) is 0 Å². The lowest BCUT2D eigenvalue weighted by atomic mass is 9.89.